The van der Waals surface area contributed by atoms with Crippen molar-refractivity contribution in [1.29, 1.82) is 5.26 Å². The number of nitrogens with one attached hydrogen (secondary N) is 1. The summed E-state index contributed by atoms with van der Waals surface area (Å²) >= 11 is 0. The van der Waals surface area contributed by atoms with Crippen molar-refractivity contribution in [3.05, 3.63) is 35.9 Å². The van der Waals surface area contributed by atoms with Crippen molar-refractivity contribution >= 4 is 11.8 Å². The van der Waals surface area contributed by atoms with E-state index in [9.17, 15) is 9.59 Å². The van der Waals surface area contributed by atoms with Crippen LogP contribution in [0.5, 0.6) is 0 Å². The van der Waals surface area contributed by atoms with Crippen LogP contribution in [0.1, 0.15) is 18.9 Å². The molecule has 5 heteroatoms. The molecule has 1 rings (SSSR count). The predicted molar refractivity (Wildman–Crippen MR) is 61.0 cm³/mol. The van der Waals surface area contributed by atoms with Crippen molar-refractivity contribution in [2.45, 2.75) is 19.9 Å². The number of rotatable bonds is 3. The predicted octanol–water partition coefficient (Wildman–Crippen LogP) is 0.980. The molecular formula is C12H13N3O2. The van der Waals surface area contributed by atoms with Crippen LogP contribution < -0.4 is 5.43 Å². The SMILES string of the molecule is CC(=O)NN(Cc1ccccc1)C(=O)CC#N. The van der Waals surface area contributed by atoms with Crippen molar-refractivity contribution in [3.8, 4) is 6.07 Å². The van der Waals surface area contributed by atoms with Gasteiger partial charge in [0.1, 0.15) is 6.42 Å². The third kappa shape index (κ3) is 4.34. The average Bonchev–Trinajstić information content (AvgIpc) is 2.29. The third-order valence-corrected chi connectivity index (χ3v) is 2.01. The Morgan fingerprint density at radius 1 is 1.35 bits per heavy atom. The fourth-order valence-electron chi connectivity index (χ4n) is 1.31. The molecule has 0 saturated heterocycles. The second kappa shape index (κ2) is 6.28. The van der Waals surface area contributed by atoms with E-state index in [0.717, 1.165) is 10.6 Å². The molecule has 0 radical (unpaired) electrons. The van der Waals surface area contributed by atoms with Crippen molar-refractivity contribution < 1.29 is 9.59 Å². The number of carbonyl (C=O) groups excluding carboxylic acids is 2. The van der Waals surface area contributed by atoms with Crippen LogP contribution in [0.4, 0.5) is 0 Å². The lowest BCUT2D eigenvalue weighted by Gasteiger charge is -2.21. The monoisotopic (exact) mass is 231 g/mol. The standard InChI is InChI=1S/C12H13N3O2/c1-10(16)14-15(12(17)7-8-13)9-11-5-3-2-4-6-11/h2-6H,7,9H2,1H3,(H,14,16). The van der Waals surface area contributed by atoms with Gasteiger partial charge in [-0.25, -0.2) is 5.01 Å². The molecule has 0 heterocycles. The fourth-order valence-corrected chi connectivity index (χ4v) is 1.31. The Hall–Kier alpha value is -2.35. The summed E-state index contributed by atoms with van der Waals surface area (Å²) in [5.74, 6) is -0.765. The lowest BCUT2D eigenvalue weighted by Crippen LogP contribution is -2.44. The molecule has 1 N–H and O–H groups in total. The van der Waals surface area contributed by atoms with E-state index in [1.807, 2.05) is 30.3 Å². The van der Waals surface area contributed by atoms with Crippen LogP contribution in [0, 0.1) is 11.3 Å². The van der Waals surface area contributed by atoms with E-state index in [1.165, 1.54) is 6.92 Å². The summed E-state index contributed by atoms with van der Waals surface area (Å²) in [4.78, 5) is 22.5. The molecule has 0 spiro atoms. The van der Waals surface area contributed by atoms with Gasteiger partial charge >= 0.3 is 0 Å². The van der Waals surface area contributed by atoms with Gasteiger partial charge in [-0.15, -0.1) is 0 Å². The summed E-state index contributed by atoms with van der Waals surface area (Å²) in [6.45, 7) is 1.57. The van der Waals surface area contributed by atoms with Gasteiger partial charge in [0.15, 0.2) is 0 Å². The quantitative estimate of drug-likeness (QED) is 0.788. The van der Waals surface area contributed by atoms with Crippen molar-refractivity contribution in [2.24, 2.45) is 0 Å². The fraction of sp³-hybridized carbons (Fsp3) is 0.250. The Bertz CT molecular complexity index is 437. The lowest BCUT2D eigenvalue weighted by molar-refractivity contribution is -0.140. The minimum Gasteiger partial charge on any atom is -0.274 e. The summed E-state index contributed by atoms with van der Waals surface area (Å²) in [5, 5.41) is 9.63. The van der Waals surface area contributed by atoms with Gasteiger partial charge in [-0.2, -0.15) is 5.26 Å². The highest BCUT2D eigenvalue weighted by Gasteiger charge is 2.14. The second-order valence-corrected chi connectivity index (χ2v) is 3.47. The summed E-state index contributed by atoms with van der Waals surface area (Å²) in [7, 11) is 0. The van der Waals surface area contributed by atoms with Crippen molar-refractivity contribution in [1.82, 2.24) is 10.4 Å². The van der Waals surface area contributed by atoms with Crippen LogP contribution in [0.15, 0.2) is 30.3 Å². The van der Waals surface area contributed by atoms with Crippen LogP contribution in [0.3, 0.4) is 0 Å². The first-order valence-corrected chi connectivity index (χ1v) is 5.12. The molecule has 5 nitrogen and oxygen atoms in total. The molecule has 0 aliphatic heterocycles. The zero-order valence-electron chi connectivity index (χ0n) is 9.51. The van der Waals surface area contributed by atoms with E-state index in [2.05, 4.69) is 5.43 Å². The highest BCUT2D eigenvalue weighted by atomic mass is 16.2. The van der Waals surface area contributed by atoms with Gasteiger partial charge in [0.2, 0.25) is 5.91 Å². The van der Waals surface area contributed by atoms with Crippen LogP contribution in [-0.4, -0.2) is 16.8 Å². The number of hydrazine groups is 1. The molecule has 1 aromatic rings. The molecule has 88 valence electrons. The minimum absolute atomic E-state index is 0.251. The van der Waals surface area contributed by atoms with Crippen LogP contribution in [-0.2, 0) is 16.1 Å². The summed E-state index contributed by atoms with van der Waals surface area (Å²) in [6.07, 6.45) is -0.257. The summed E-state index contributed by atoms with van der Waals surface area (Å²) in [5.41, 5.74) is 3.29. The minimum atomic E-state index is -0.424. The van der Waals surface area contributed by atoms with Gasteiger partial charge in [-0.1, -0.05) is 30.3 Å². The van der Waals surface area contributed by atoms with Crippen LogP contribution in [0.2, 0.25) is 0 Å². The van der Waals surface area contributed by atoms with Crippen LogP contribution in [0.25, 0.3) is 0 Å². The molecule has 17 heavy (non-hydrogen) atoms. The molecular weight excluding hydrogens is 218 g/mol. The topological polar surface area (TPSA) is 73.2 Å². The molecule has 0 aliphatic carbocycles. The second-order valence-electron chi connectivity index (χ2n) is 3.47. The number of amides is 2. The van der Waals surface area contributed by atoms with Gasteiger partial charge < -0.3 is 0 Å². The molecule has 2 amide bonds. The van der Waals surface area contributed by atoms with Gasteiger partial charge in [0.05, 0.1) is 12.6 Å². The van der Waals surface area contributed by atoms with E-state index in [-0.39, 0.29) is 18.9 Å². The molecule has 0 fully saturated rings. The van der Waals surface area contributed by atoms with E-state index < -0.39 is 5.91 Å². The Morgan fingerprint density at radius 2 is 2.00 bits per heavy atom. The number of nitrogens with zero attached hydrogens (tertiary/aromatic N) is 2. The molecule has 0 aliphatic rings. The van der Waals surface area contributed by atoms with Crippen molar-refractivity contribution in [2.75, 3.05) is 0 Å². The van der Waals surface area contributed by atoms with Gasteiger partial charge in [-0.3, -0.25) is 15.0 Å². The van der Waals surface area contributed by atoms with Crippen molar-refractivity contribution in [3.63, 3.8) is 0 Å². The maximum Gasteiger partial charge on any atom is 0.255 e. The highest BCUT2D eigenvalue weighted by molar-refractivity contribution is 5.82. The lowest BCUT2D eigenvalue weighted by atomic mass is 10.2. The molecule has 0 unspecified atom stereocenters. The van der Waals surface area contributed by atoms with Gasteiger partial charge in [0, 0.05) is 6.92 Å². The summed E-state index contributed by atoms with van der Waals surface area (Å²) in [6, 6.07) is 11.0. The first kappa shape index (κ1) is 12.7. The molecule has 1 aromatic carbocycles. The Balaban J connectivity index is 2.74. The Labute approximate surface area is 99.6 Å². The maximum atomic E-state index is 11.6. The molecule has 0 aromatic heterocycles. The largest absolute Gasteiger partial charge is 0.274 e. The molecule has 0 saturated carbocycles. The van der Waals surface area contributed by atoms with E-state index >= 15 is 0 Å². The van der Waals surface area contributed by atoms with E-state index in [1.54, 1.807) is 6.07 Å². The zero-order chi connectivity index (χ0) is 12.7. The normalized spacial score (nSPS) is 9.18. The smallest absolute Gasteiger partial charge is 0.255 e. The van der Waals surface area contributed by atoms with Gasteiger partial charge in [-0.05, 0) is 5.56 Å². The van der Waals surface area contributed by atoms with Crippen LogP contribution >= 0.6 is 0 Å². The molecule has 0 atom stereocenters. The third-order valence-electron chi connectivity index (χ3n) is 2.01. The maximum absolute atomic E-state index is 11.6. The van der Waals surface area contributed by atoms with E-state index in [0.29, 0.717) is 0 Å². The Kier molecular flexibility index (Phi) is 4.70. The Morgan fingerprint density at radius 3 is 2.53 bits per heavy atom. The molecule has 0 bridgehead atoms. The first-order valence-electron chi connectivity index (χ1n) is 5.12. The number of hydrogen-bond donors (Lipinski definition) is 1. The van der Waals surface area contributed by atoms with E-state index in [4.69, 9.17) is 5.26 Å². The van der Waals surface area contributed by atoms with Gasteiger partial charge in [0.25, 0.3) is 5.91 Å². The zero-order valence-corrected chi connectivity index (χ0v) is 9.51. The number of nitriles is 1. The number of carbonyl (C=O) groups is 2. The number of hydrogen-bond acceptors (Lipinski definition) is 3. The highest BCUT2D eigenvalue weighted by Crippen LogP contribution is 2.03. The number of benzene rings is 1. The first-order chi connectivity index (χ1) is 8.13. The summed E-state index contributed by atoms with van der Waals surface area (Å²) < 4.78 is 0. The average molecular weight is 231 g/mol.